The van der Waals surface area contributed by atoms with Gasteiger partial charge in [-0.3, -0.25) is 15.1 Å². The lowest BCUT2D eigenvalue weighted by atomic mass is 9.96. The number of nitrogens with zero attached hydrogens (tertiary/aromatic N) is 2. The van der Waals surface area contributed by atoms with Gasteiger partial charge in [0.2, 0.25) is 0 Å². The molecule has 0 amide bonds. The highest BCUT2D eigenvalue weighted by atomic mass is 16.6. The van der Waals surface area contributed by atoms with Gasteiger partial charge in [-0.15, -0.1) is 0 Å². The molecule has 0 saturated carbocycles. The van der Waals surface area contributed by atoms with E-state index in [-0.39, 0.29) is 27.9 Å². The Balaban J connectivity index is 2.77. The first-order valence-electron chi connectivity index (χ1n) is 5.61. The number of carbonyl (C=O) groups is 2. The molecule has 8 nitrogen and oxygen atoms in total. The smallest absolute Gasteiger partial charge is 0.337 e. The van der Waals surface area contributed by atoms with Crippen molar-refractivity contribution in [2.75, 3.05) is 0 Å². The maximum atomic E-state index is 11.2. The Hall–Kier alpha value is -3.29. The normalized spacial score (nSPS) is 10.1. The summed E-state index contributed by atoms with van der Waals surface area (Å²) in [6.45, 7) is 0. The van der Waals surface area contributed by atoms with Crippen LogP contribution in [0.2, 0.25) is 0 Å². The number of non-ortho nitro benzene ring substituents is 1. The van der Waals surface area contributed by atoms with Crippen LogP contribution >= 0.6 is 0 Å². The molecule has 2 N–H and O–H groups in total. The van der Waals surface area contributed by atoms with Crippen molar-refractivity contribution >= 4 is 17.6 Å². The first kappa shape index (κ1) is 14.1. The number of aromatic carboxylic acids is 2. The number of carboxylic acid groups (broad SMARTS) is 2. The fourth-order valence-corrected chi connectivity index (χ4v) is 1.87. The van der Waals surface area contributed by atoms with Crippen molar-refractivity contribution in [3.05, 3.63) is 57.9 Å². The number of pyridine rings is 1. The van der Waals surface area contributed by atoms with E-state index in [1.54, 1.807) is 0 Å². The number of carboxylic acids is 2. The van der Waals surface area contributed by atoms with Crippen LogP contribution < -0.4 is 0 Å². The van der Waals surface area contributed by atoms with E-state index in [1.807, 2.05) is 0 Å². The van der Waals surface area contributed by atoms with E-state index in [9.17, 15) is 19.7 Å². The van der Waals surface area contributed by atoms with Crippen molar-refractivity contribution < 1.29 is 24.7 Å². The zero-order chi connectivity index (χ0) is 15.6. The number of nitro benzene ring substituents is 1. The van der Waals surface area contributed by atoms with Crippen LogP contribution in [-0.2, 0) is 0 Å². The van der Waals surface area contributed by atoms with Gasteiger partial charge in [0.1, 0.15) is 0 Å². The summed E-state index contributed by atoms with van der Waals surface area (Å²) in [6, 6.07) is 5.10. The molecule has 0 atom stereocenters. The molecule has 0 aliphatic heterocycles. The standard InChI is InChI=1S/C13H8N2O6/c16-12(17)9-5-14-6-10(13(18)19)11(9)7-2-1-3-8(4-7)15(20)21/h1-6H,(H,16,17)(H,18,19). The summed E-state index contributed by atoms with van der Waals surface area (Å²) < 4.78 is 0. The predicted octanol–water partition coefficient (Wildman–Crippen LogP) is 2.05. The van der Waals surface area contributed by atoms with E-state index in [1.165, 1.54) is 18.2 Å². The van der Waals surface area contributed by atoms with Gasteiger partial charge in [-0.1, -0.05) is 12.1 Å². The minimum absolute atomic E-state index is 0.117. The second-order valence-corrected chi connectivity index (χ2v) is 4.03. The fraction of sp³-hybridized carbons (Fsp3) is 0. The molecule has 0 aliphatic rings. The third-order valence-electron chi connectivity index (χ3n) is 2.75. The Bertz CT molecular complexity index is 724. The van der Waals surface area contributed by atoms with Crippen molar-refractivity contribution in [2.45, 2.75) is 0 Å². The summed E-state index contributed by atoms with van der Waals surface area (Å²) in [4.78, 5) is 36.2. The van der Waals surface area contributed by atoms with E-state index in [2.05, 4.69) is 4.98 Å². The average Bonchev–Trinajstić information content (AvgIpc) is 2.46. The summed E-state index contributed by atoms with van der Waals surface area (Å²) in [7, 11) is 0. The lowest BCUT2D eigenvalue weighted by molar-refractivity contribution is -0.384. The molecule has 1 aromatic carbocycles. The Kier molecular flexibility index (Phi) is 3.61. The Morgan fingerprint density at radius 1 is 1.10 bits per heavy atom. The van der Waals surface area contributed by atoms with Gasteiger partial charge in [-0.05, 0) is 5.56 Å². The lowest BCUT2D eigenvalue weighted by Crippen LogP contribution is -2.08. The molecule has 106 valence electrons. The van der Waals surface area contributed by atoms with Crippen LogP contribution in [0.25, 0.3) is 11.1 Å². The monoisotopic (exact) mass is 288 g/mol. The van der Waals surface area contributed by atoms with E-state index in [4.69, 9.17) is 10.2 Å². The SMILES string of the molecule is O=C(O)c1cncc(C(=O)O)c1-c1cccc([N+](=O)[O-])c1. The van der Waals surface area contributed by atoms with E-state index in [0.717, 1.165) is 18.5 Å². The van der Waals surface area contributed by atoms with E-state index >= 15 is 0 Å². The van der Waals surface area contributed by atoms with Crippen LogP contribution in [-0.4, -0.2) is 32.1 Å². The maximum absolute atomic E-state index is 11.2. The Labute approximate surface area is 117 Å². The first-order chi connectivity index (χ1) is 9.91. The maximum Gasteiger partial charge on any atom is 0.337 e. The van der Waals surface area contributed by atoms with Crippen LogP contribution in [0.5, 0.6) is 0 Å². The number of benzene rings is 1. The molecule has 1 aromatic heterocycles. The quantitative estimate of drug-likeness (QED) is 0.650. The summed E-state index contributed by atoms with van der Waals surface area (Å²) in [5.74, 6) is -2.74. The number of rotatable bonds is 4. The Morgan fingerprint density at radius 2 is 1.67 bits per heavy atom. The second-order valence-electron chi connectivity index (χ2n) is 4.03. The van der Waals surface area contributed by atoms with Crippen LogP contribution in [0, 0.1) is 10.1 Å². The first-order valence-corrected chi connectivity index (χ1v) is 5.61. The van der Waals surface area contributed by atoms with Gasteiger partial charge in [-0.2, -0.15) is 0 Å². The van der Waals surface area contributed by atoms with E-state index in [0.29, 0.717) is 0 Å². The van der Waals surface area contributed by atoms with Gasteiger partial charge in [0.25, 0.3) is 5.69 Å². The predicted molar refractivity (Wildman–Crippen MR) is 70.2 cm³/mol. The molecule has 0 bridgehead atoms. The molecule has 21 heavy (non-hydrogen) atoms. The van der Waals surface area contributed by atoms with E-state index < -0.39 is 16.9 Å². The van der Waals surface area contributed by atoms with Crippen molar-refractivity contribution in [1.82, 2.24) is 4.98 Å². The minimum atomic E-state index is -1.37. The van der Waals surface area contributed by atoms with Gasteiger partial charge in [0.05, 0.1) is 16.1 Å². The van der Waals surface area contributed by atoms with Crippen LogP contribution in [0.3, 0.4) is 0 Å². The summed E-state index contributed by atoms with van der Waals surface area (Å²) >= 11 is 0. The molecule has 2 aromatic rings. The number of aromatic nitrogens is 1. The topological polar surface area (TPSA) is 131 Å². The third kappa shape index (κ3) is 2.68. The fourth-order valence-electron chi connectivity index (χ4n) is 1.87. The molecule has 0 fully saturated rings. The van der Waals surface area contributed by atoms with Gasteiger partial charge in [0, 0.05) is 30.1 Å². The molecule has 0 unspecified atom stereocenters. The largest absolute Gasteiger partial charge is 0.478 e. The number of hydrogen-bond acceptors (Lipinski definition) is 5. The van der Waals surface area contributed by atoms with Crippen molar-refractivity contribution in [3.8, 4) is 11.1 Å². The van der Waals surface area contributed by atoms with Gasteiger partial charge < -0.3 is 10.2 Å². The minimum Gasteiger partial charge on any atom is -0.478 e. The second kappa shape index (κ2) is 5.37. The molecular weight excluding hydrogens is 280 g/mol. The summed E-state index contributed by atoms with van der Waals surface area (Å²) in [6.07, 6.45) is 2.01. The van der Waals surface area contributed by atoms with Crippen LogP contribution in [0.4, 0.5) is 5.69 Å². The number of hydrogen-bond donors (Lipinski definition) is 2. The summed E-state index contributed by atoms with van der Waals surface area (Å²) in [5.41, 5.74) is -0.933. The molecule has 2 rings (SSSR count). The van der Waals surface area contributed by atoms with Crippen molar-refractivity contribution in [3.63, 3.8) is 0 Å². The molecule has 0 aliphatic carbocycles. The molecule has 0 radical (unpaired) electrons. The molecular formula is C13H8N2O6. The average molecular weight is 288 g/mol. The number of nitro groups is 1. The van der Waals surface area contributed by atoms with Crippen LogP contribution in [0.1, 0.15) is 20.7 Å². The lowest BCUT2D eigenvalue weighted by Gasteiger charge is -2.09. The molecule has 0 saturated heterocycles. The van der Waals surface area contributed by atoms with Crippen molar-refractivity contribution in [1.29, 1.82) is 0 Å². The highest BCUT2D eigenvalue weighted by molar-refractivity contribution is 6.04. The third-order valence-corrected chi connectivity index (χ3v) is 2.75. The zero-order valence-corrected chi connectivity index (χ0v) is 10.4. The molecule has 8 heteroatoms. The molecule has 0 spiro atoms. The highest BCUT2D eigenvalue weighted by Crippen LogP contribution is 2.30. The van der Waals surface area contributed by atoms with Crippen LogP contribution in [0.15, 0.2) is 36.7 Å². The van der Waals surface area contributed by atoms with Gasteiger partial charge in [-0.25, -0.2) is 9.59 Å². The van der Waals surface area contributed by atoms with Crippen molar-refractivity contribution in [2.24, 2.45) is 0 Å². The zero-order valence-electron chi connectivity index (χ0n) is 10.4. The van der Waals surface area contributed by atoms with Gasteiger partial charge in [0.15, 0.2) is 0 Å². The Morgan fingerprint density at radius 3 is 2.14 bits per heavy atom. The highest BCUT2D eigenvalue weighted by Gasteiger charge is 2.21. The summed E-state index contributed by atoms with van der Waals surface area (Å²) in [5, 5.41) is 29.1. The van der Waals surface area contributed by atoms with Gasteiger partial charge >= 0.3 is 11.9 Å². The molecule has 1 heterocycles.